The van der Waals surface area contributed by atoms with Gasteiger partial charge in [-0.1, -0.05) is 13.8 Å². The standard InChI is InChI=1S/C11H23N3/c1-9(2)7-14-6-5-10(12-3)11(8-14)13-4/h9-11,13H,3,5-8H2,1-2,4H3. The first-order valence-corrected chi connectivity index (χ1v) is 5.52. The third kappa shape index (κ3) is 3.07. The summed E-state index contributed by atoms with van der Waals surface area (Å²) in [6.07, 6.45) is 1.14. The fourth-order valence-corrected chi connectivity index (χ4v) is 2.19. The Bertz CT molecular complexity index is 179. The lowest BCUT2D eigenvalue weighted by molar-refractivity contribution is 0.163. The predicted molar refractivity (Wildman–Crippen MR) is 62.1 cm³/mol. The molecule has 0 radical (unpaired) electrons. The lowest BCUT2D eigenvalue weighted by atomic mass is 9.99. The molecular formula is C11H23N3. The minimum atomic E-state index is 0.406. The van der Waals surface area contributed by atoms with Gasteiger partial charge in [0.15, 0.2) is 0 Å². The third-order valence-corrected chi connectivity index (χ3v) is 2.89. The van der Waals surface area contributed by atoms with Crippen molar-refractivity contribution in [3.05, 3.63) is 0 Å². The first-order valence-electron chi connectivity index (χ1n) is 5.52. The number of nitrogens with one attached hydrogen (secondary N) is 1. The second kappa shape index (κ2) is 5.47. The molecule has 0 saturated carbocycles. The van der Waals surface area contributed by atoms with Gasteiger partial charge in [0.05, 0.1) is 6.04 Å². The highest BCUT2D eigenvalue weighted by atomic mass is 15.2. The average molecular weight is 197 g/mol. The van der Waals surface area contributed by atoms with E-state index in [0.717, 1.165) is 18.9 Å². The summed E-state index contributed by atoms with van der Waals surface area (Å²) in [7, 11) is 2.02. The molecule has 1 aliphatic rings. The predicted octanol–water partition coefficient (Wildman–Crippen LogP) is 1.01. The zero-order chi connectivity index (χ0) is 10.6. The second-order valence-electron chi connectivity index (χ2n) is 4.59. The van der Waals surface area contributed by atoms with Crippen LogP contribution in [0.4, 0.5) is 0 Å². The molecule has 0 amide bonds. The van der Waals surface area contributed by atoms with Gasteiger partial charge in [-0.15, -0.1) is 0 Å². The summed E-state index contributed by atoms with van der Waals surface area (Å²) in [6, 6.07) is 0.892. The number of likely N-dealkylation sites (N-methyl/N-ethyl adjacent to an activating group) is 1. The Hall–Kier alpha value is -0.410. The Balaban J connectivity index is 2.43. The van der Waals surface area contributed by atoms with E-state index in [0.29, 0.717) is 12.1 Å². The van der Waals surface area contributed by atoms with Gasteiger partial charge in [-0.05, 0) is 26.1 Å². The largest absolute Gasteiger partial charge is 0.314 e. The van der Waals surface area contributed by atoms with Crippen molar-refractivity contribution < 1.29 is 0 Å². The smallest absolute Gasteiger partial charge is 0.0669 e. The van der Waals surface area contributed by atoms with Crippen LogP contribution in [0.25, 0.3) is 0 Å². The number of hydrogen-bond donors (Lipinski definition) is 1. The van der Waals surface area contributed by atoms with Crippen LogP contribution in [-0.4, -0.2) is 50.4 Å². The van der Waals surface area contributed by atoms with Gasteiger partial charge in [0.25, 0.3) is 0 Å². The van der Waals surface area contributed by atoms with Crippen molar-refractivity contribution in [2.45, 2.75) is 32.4 Å². The summed E-state index contributed by atoms with van der Waals surface area (Å²) < 4.78 is 0. The van der Waals surface area contributed by atoms with Crippen molar-refractivity contribution in [1.29, 1.82) is 0 Å². The zero-order valence-corrected chi connectivity index (χ0v) is 9.66. The van der Waals surface area contributed by atoms with Gasteiger partial charge in [-0.2, -0.15) is 0 Å². The molecular weight excluding hydrogens is 174 g/mol. The van der Waals surface area contributed by atoms with E-state index >= 15 is 0 Å². The Labute approximate surface area is 87.6 Å². The Kier molecular flexibility index (Phi) is 4.55. The molecule has 1 rings (SSSR count). The van der Waals surface area contributed by atoms with Crippen LogP contribution in [0.15, 0.2) is 4.99 Å². The number of hydrogen-bond acceptors (Lipinski definition) is 3. The van der Waals surface area contributed by atoms with Crippen molar-refractivity contribution in [1.82, 2.24) is 10.2 Å². The number of rotatable bonds is 4. The summed E-state index contributed by atoms with van der Waals surface area (Å²) in [4.78, 5) is 6.70. The van der Waals surface area contributed by atoms with Crippen molar-refractivity contribution in [3.8, 4) is 0 Å². The van der Waals surface area contributed by atoms with E-state index in [4.69, 9.17) is 0 Å². The normalized spacial score (nSPS) is 29.4. The molecule has 0 bridgehead atoms. The Morgan fingerprint density at radius 3 is 2.79 bits per heavy atom. The van der Waals surface area contributed by atoms with Crippen LogP contribution in [0.2, 0.25) is 0 Å². The van der Waals surface area contributed by atoms with Crippen LogP contribution < -0.4 is 5.32 Å². The highest BCUT2D eigenvalue weighted by molar-refractivity contribution is 5.25. The molecule has 1 saturated heterocycles. The van der Waals surface area contributed by atoms with E-state index in [1.807, 2.05) is 7.05 Å². The molecule has 1 N–H and O–H groups in total. The maximum Gasteiger partial charge on any atom is 0.0669 e. The summed E-state index contributed by atoms with van der Waals surface area (Å²) in [5.74, 6) is 0.751. The molecule has 0 spiro atoms. The summed E-state index contributed by atoms with van der Waals surface area (Å²) in [5, 5.41) is 3.33. The van der Waals surface area contributed by atoms with Crippen LogP contribution in [0.1, 0.15) is 20.3 Å². The van der Waals surface area contributed by atoms with E-state index < -0.39 is 0 Å². The number of aliphatic imine (C=N–C) groups is 1. The molecule has 0 aliphatic carbocycles. The number of likely N-dealkylation sites (tertiary alicyclic amines) is 1. The van der Waals surface area contributed by atoms with Crippen LogP contribution in [0.5, 0.6) is 0 Å². The van der Waals surface area contributed by atoms with Crippen LogP contribution in [0.3, 0.4) is 0 Å². The van der Waals surface area contributed by atoms with Crippen molar-refractivity contribution in [2.24, 2.45) is 10.9 Å². The van der Waals surface area contributed by atoms with E-state index in [9.17, 15) is 0 Å². The van der Waals surface area contributed by atoms with E-state index in [2.05, 4.69) is 35.8 Å². The number of nitrogens with zero attached hydrogens (tertiary/aromatic N) is 2. The zero-order valence-electron chi connectivity index (χ0n) is 9.66. The van der Waals surface area contributed by atoms with Gasteiger partial charge in [-0.3, -0.25) is 4.99 Å². The van der Waals surface area contributed by atoms with Crippen LogP contribution in [0, 0.1) is 5.92 Å². The molecule has 14 heavy (non-hydrogen) atoms. The van der Waals surface area contributed by atoms with Gasteiger partial charge in [0, 0.05) is 25.7 Å². The van der Waals surface area contributed by atoms with Crippen LogP contribution >= 0.6 is 0 Å². The second-order valence-corrected chi connectivity index (χ2v) is 4.59. The molecule has 2 atom stereocenters. The topological polar surface area (TPSA) is 27.6 Å². The molecule has 0 aromatic carbocycles. The molecule has 3 heteroatoms. The minimum absolute atomic E-state index is 0.406. The fourth-order valence-electron chi connectivity index (χ4n) is 2.19. The average Bonchev–Trinajstić information content (AvgIpc) is 2.16. The van der Waals surface area contributed by atoms with E-state index in [-0.39, 0.29) is 0 Å². The van der Waals surface area contributed by atoms with Gasteiger partial charge >= 0.3 is 0 Å². The van der Waals surface area contributed by atoms with Crippen molar-refractivity contribution in [3.63, 3.8) is 0 Å². The van der Waals surface area contributed by atoms with Gasteiger partial charge in [-0.25, -0.2) is 0 Å². The highest BCUT2D eigenvalue weighted by Crippen LogP contribution is 2.14. The van der Waals surface area contributed by atoms with Gasteiger partial charge in [0.1, 0.15) is 0 Å². The molecule has 1 aliphatic heterocycles. The third-order valence-electron chi connectivity index (χ3n) is 2.89. The molecule has 2 unspecified atom stereocenters. The molecule has 1 heterocycles. The Morgan fingerprint density at radius 1 is 1.57 bits per heavy atom. The highest BCUT2D eigenvalue weighted by Gasteiger charge is 2.26. The molecule has 0 aromatic rings. The van der Waals surface area contributed by atoms with Crippen LogP contribution in [-0.2, 0) is 0 Å². The van der Waals surface area contributed by atoms with Gasteiger partial charge < -0.3 is 10.2 Å². The molecule has 3 nitrogen and oxygen atoms in total. The maximum atomic E-state index is 4.17. The van der Waals surface area contributed by atoms with E-state index in [1.54, 1.807) is 0 Å². The molecule has 1 fully saturated rings. The summed E-state index contributed by atoms with van der Waals surface area (Å²) in [6.45, 7) is 11.7. The number of piperidine rings is 1. The molecule has 0 aromatic heterocycles. The van der Waals surface area contributed by atoms with Crippen molar-refractivity contribution >= 4 is 6.72 Å². The van der Waals surface area contributed by atoms with E-state index in [1.165, 1.54) is 13.1 Å². The monoisotopic (exact) mass is 197 g/mol. The molecule has 82 valence electrons. The lowest BCUT2D eigenvalue weighted by Gasteiger charge is -2.37. The van der Waals surface area contributed by atoms with Gasteiger partial charge in [0.2, 0.25) is 0 Å². The summed E-state index contributed by atoms with van der Waals surface area (Å²) >= 11 is 0. The van der Waals surface area contributed by atoms with Crippen molar-refractivity contribution in [2.75, 3.05) is 26.7 Å². The summed E-state index contributed by atoms with van der Waals surface area (Å²) in [5.41, 5.74) is 0. The Morgan fingerprint density at radius 2 is 2.29 bits per heavy atom. The first-order chi connectivity index (χ1) is 6.67. The quantitative estimate of drug-likeness (QED) is 0.681. The maximum absolute atomic E-state index is 4.17. The lowest BCUT2D eigenvalue weighted by Crippen LogP contribution is -2.52. The SMILES string of the molecule is C=NC1CCN(CC(C)C)CC1NC. The minimum Gasteiger partial charge on any atom is -0.314 e. The first kappa shape index (κ1) is 11.7. The fraction of sp³-hybridized carbons (Fsp3) is 0.909.